The fourth-order valence-corrected chi connectivity index (χ4v) is 1.71. The minimum absolute atomic E-state index is 0.357. The summed E-state index contributed by atoms with van der Waals surface area (Å²) in [6.45, 7) is 17.8. The van der Waals surface area contributed by atoms with Gasteiger partial charge < -0.3 is 0 Å². The highest BCUT2D eigenvalue weighted by molar-refractivity contribution is 4.93. The SMILES string of the molecule is C=CCC(C)(C(C)C)C(C)(C)C. The van der Waals surface area contributed by atoms with Gasteiger partial charge >= 0.3 is 0 Å². The molecular formula is C12H24. The Balaban J connectivity index is 4.73. The van der Waals surface area contributed by atoms with Gasteiger partial charge in [-0.3, -0.25) is 0 Å². The average Bonchev–Trinajstić information content (AvgIpc) is 1.85. The van der Waals surface area contributed by atoms with E-state index >= 15 is 0 Å². The van der Waals surface area contributed by atoms with E-state index in [9.17, 15) is 0 Å². The van der Waals surface area contributed by atoms with Crippen LogP contribution in [0.5, 0.6) is 0 Å². The molecule has 0 aliphatic rings. The van der Waals surface area contributed by atoms with E-state index in [0.717, 1.165) is 6.42 Å². The Morgan fingerprint density at radius 1 is 1.17 bits per heavy atom. The Morgan fingerprint density at radius 2 is 1.58 bits per heavy atom. The lowest BCUT2D eigenvalue weighted by atomic mass is 9.60. The van der Waals surface area contributed by atoms with E-state index in [0.29, 0.717) is 16.7 Å². The quantitative estimate of drug-likeness (QED) is 0.552. The van der Waals surface area contributed by atoms with Gasteiger partial charge in [0.05, 0.1) is 0 Å². The average molecular weight is 168 g/mol. The van der Waals surface area contributed by atoms with Crippen molar-refractivity contribution in [3.8, 4) is 0 Å². The van der Waals surface area contributed by atoms with Crippen molar-refractivity contribution in [1.29, 1.82) is 0 Å². The van der Waals surface area contributed by atoms with Crippen LogP contribution in [0.4, 0.5) is 0 Å². The van der Waals surface area contributed by atoms with Gasteiger partial charge in [-0.1, -0.05) is 47.6 Å². The lowest BCUT2D eigenvalue weighted by Crippen LogP contribution is -2.37. The molecule has 0 heterocycles. The molecule has 0 bridgehead atoms. The van der Waals surface area contributed by atoms with E-state index in [-0.39, 0.29) is 0 Å². The van der Waals surface area contributed by atoms with Crippen molar-refractivity contribution in [3.05, 3.63) is 12.7 Å². The number of allylic oxidation sites excluding steroid dienone is 1. The molecule has 72 valence electrons. The molecule has 0 aromatic carbocycles. The highest BCUT2D eigenvalue weighted by atomic mass is 14.4. The molecule has 0 fully saturated rings. The van der Waals surface area contributed by atoms with Gasteiger partial charge in [0.2, 0.25) is 0 Å². The maximum Gasteiger partial charge on any atom is -0.0220 e. The van der Waals surface area contributed by atoms with Crippen LogP contribution >= 0.6 is 0 Å². The molecule has 0 heteroatoms. The highest BCUT2D eigenvalue weighted by Crippen LogP contribution is 2.47. The first-order valence-electron chi connectivity index (χ1n) is 4.86. The summed E-state index contributed by atoms with van der Waals surface area (Å²) in [6.07, 6.45) is 3.15. The van der Waals surface area contributed by atoms with Crippen LogP contribution in [-0.4, -0.2) is 0 Å². The molecule has 0 aromatic rings. The highest BCUT2D eigenvalue weighted by Gasteiger charge is 2.38. The molecule has 0 spiro atoms. The molecule has 0 radical (unpaired) electrons. The van der Waals surface area contributed by atoms with Gasteiger partial charge in [-0.15, -0.1) is 6.58 Å². The molecule has 0 nitrogen and oxygen atoms in total. The molecule has 0 aliphatic carbocycles. The Labute approximate surface area is 78.1 Å². The summed E-state index contributed by atoms with van der Waals surface area (Å²) in [5.74, 6) is 0.704. The van der Waals surface area contributed by atoms with Crippen molar-refractivity contribution < 1.29 is 0 Å². The first kappa shape index (κ1) is 11.7. The van der Waals surface area contributed by atoms with Gasteiger partial charge in [0.15, 0.2) is 0 Å². The van der Waals surface area contributed by atoms with Crippen molar-refractivity contribution in [2.45, 2.75) is 48.0 Å². The smallest absolute Gasteiger partial charge is 0.0220 e. The molecule has 12 heavy (non-hydrogen) atoms. The molecular weight excluding hydrogens is 144 g/mol. The third-order valence-corrected chi connectivity index (χ3v) is 3.56. The second-order valence-electron chi connectivity index (χ2n) is 5.31. The van der Waals surface area contributed by atoms with Gasteiger partial charge in [-0.05, 0) is 23.2 Å². The monoisotopic (exact) mass is 168 g/mol. The van der Waals surface area contributed by atoms with Crippen LogP contribution in [0.2, 0.25) is 0 Å². The maximum absolute atomic E-state index is 3.84. The normalized spacial score (nSPS) is 17.6. The maximum atomic E-state index is 3.84. The first-order valence-corrected chi connectivity index (χ1v) is 4.86. The molecule has 0 saturated carbocycles. The summed E-state index contributed by atoms with van der Waals surface area (Å²) >= 11 is 0. The van der Waals surface area contributed by atoms with Crippen molar-refractivity contribution in [3.63, 3.8) is 0 Å². The van der Waals surface area contributed by atoms with Crippen LogP contribution in [0, 0.1) is 16.7 Å². The number of rotatable bonds is 3. The van der Waals surface area contributed by atoms with Gasteiger partial charge in [-0.25, -0.2) is 0 Å². The van der Waals surface area contributed by atoms with Gasteiger partial charge in [0, 0.05) is 0 Å². The predicted octanol–water partition coefficient (Wildman–Crippen LogP) is 4.27. The summed E-state index contributed by atoms with van der Waals surface area (Å²) < 4.78 is 0. The van der Waals surface area contributed by atoms with Crippen molar-refractivity contribution >= 4 is 0 Å². The minimum atomic E-state index is 0.357. The van der Waals surface area contributed by atoms with E-state index in [1.54, 1.807) is 0 Å². The minimum Gasteiger partial charge on any atom is -0.103 e. The van der Waals surface area contributed by atoms with Crippen LogP contribution in [0.25, 0.3) is 0 Å². The largest absolute Gasteiger partial charge is 0.103 e. The van der Waals surface area contributed by atoms with Gasteiger partial charge in [0.1, 0.15) is 0 Å². The van der Waals surface area contributed by atoms with Crippen molar-refractivity contribution in [2.24, 2.45) is 16.7 Å². The summed E-state index contributed by atoms with van der Waals surface area (Å²) in [4.78, 5) is 0. The summed E-state index contributed by atoms with van der Waals surface area (Å²) in [5, 5.41) is 0. The fraction of sp³-hybridized carbons (Fsp3) is 0.833. The summed E-state index contributed by atoms with van der Waals surface area (Å²) in [6, 6.07) is 0. The lowest BCUT2D eigenvalue weighted by molar-refractivity contribution is 0.0549. The molecule has 1 unspecified atom stereocenters. The van der Waals surface area contributed by atoms with E-state index < -0.39 is 0 Å². The topological polar surface area (TPSA) is 0 Å². The summed E-state index contributed by atoms with van der Waals surface area (Å²) in [7, 11) is 0. The third kappa shape index (κ3) is 2.12. The van der Waals surface area contributed by atoms with Crippen molar-refractivity contribution in [2.75, 3.05) is 0 Å². The molecule has 0 aliphatic heterocycles. The van der Waals surface area contributed by atoms with Crippen LogP contribution in [0.15, 0.2) is 12.7 Å². The van der Waals surface area contributed by atoms with E-state index in [1.165, 1.54) is 0 Å². The van der Waals surface area contributed by atoms with E-state index in [4.69, 9.17) is 0 Å². The molecule has 0 amide bonds. The Bertz CT molecular complexity index is 148. The molecule has 0 aromatic heterocycles. The molecule has 0 rings (SSSR count). The second kappa shape index (κ2) is 3.64. The Kier molecular flexibility index (Phi) is 3.56. The summed E-state index contributed by atoms with van der Waals surface area (Å²) in [5.41, 5.74) is 0.726. The van der Waals surface area contributed by atoms with Crippen LogP contribution in [-0.2, 0) is 0 Å². The number of hydrogen-bond acceptors (Lipinski definition) is 0. The Hall–Kier alpha value is -0.260. The molecule has 0 N–H and O–H groups in total. The zero-order valence-electron chi connectivity index (χ0n) is 9.57. The Morgan fingerprint density at radius 3 is 1.67 bits per heavy atom. The molecule has 1 atom stereocenters. The van der Waals surface area contributed by atoms with Crippen LogP contribution in [0.3, 0.4) is 0 Å². The third-order valence-electron chi connectivity index (χ3n) is 3.56. The van der Waals surface area contributed by atoms with Crippen LogP contribution < -0.4 is 0 Å². The van der Waals surface area contributed by atoms with E-state index in [2.05, 4.69) is 48.1 Å². The van der Waals surface area contributed by atoms with Crippen molar-refractivity contribution in [1.82, 2.24) is 0 Å². The van der Waals surface area contributed by atoms with Gasteiger partial charge in [0.25, 0.3) is 0 Å². The zero-order valence-corrected chi connectivity index (χ0v) is 9.57. The van der Waals surface area contributed by atoms with Gasteiger partial charge in [-0.2, -0.15) is 0 Å². The lowest BCUT2D eigenvalue weighted by Gasteiger charge is -2.45. The first-order chi connectivity index (χ1) is 5.25. The standard InChI is InChI=1S/C12H24/c1-8-9-12(7,10(2)3)11(4,5)6/h8,10H,1,9H2,2-7H3. The zero-order chi connectivity index (χ0) is 9.99. The number of hydrogen-bond donors (Lipinski definition) is 0. The van der Waals surface area contributed by atoms with E-state index in [1.807, 2.05) is 6.08 Å². The van der Waals surface area contributed by atoms with Crippen LogP contribution in [0.1, 0.15) is 48.0 Å². The second-order valence-corrected chi connectivity index (χ2v) is 5.31. The molecule has 0 saturated heterocycles. The predicted molar refractivity (Wildman–Crippen MR) is 57.2 cm³/mol. The fourth-order valence-electron chi connectivity index (χ4n) is 1.71.